The molecule has 3 rings (SSSR count). The topological polar surface area (TPSA) is 73.4 Å². The first kappa shape index (κ1) is 13.7. The first-order valence-corrected chi connectivity index (χ1v) is 7.18. The van der Waals surface area contributed by atoms with E-state index in [2.05, 4.69) is 9.88 Å². The molecule has 0 radical (unpaired) electrons. The molecule has 21 heavy (non-hydrogen) atoms. The number of aliphatic carboxylic acids is 1. The second kappa shape index (κ2) is 5.24. The molecule has 0 aliphatic carbocycles. The lowest BCUT2D eigenvalue weighted by Gasteiger charge is -2.37. The zero-order chi connectivity index (χ0) is 15.0. The Morgan fingerprint density at radius 2 is 2.14 bits per heavy atom. The quantitative estimate of drug-likeness (QED) is 0.887. The molecule has 1 saturated heterocycles. The smallest absolute Gasteiger partial charge is 0.306 e. The first-order chi connectivity index (χ1) is 10.1. The molecular weight excluding hydrogens is 268 g/mol. The van der Waals surface area contributed by atoms with Crippen molar-refractivity contribution in [3.63, 3.8) is 0 Å². The Hall–Kier alpha value is -2.30. The number of benzene rings is 1. The molecule has 0 amide bonds. The Balaban J connectivity index is 1.94. The van der Waals surface area contributed by atoms with Crippen molar-refractivity contribution in [1.29, 1.82) is 0 Å². The van der Waals surface area contributed by atoms with Gasteiger partial charge in [0.05, 0.1) is 5.92 Å². The number of nitrogens with zero attached hydrogens (tertiary/aromatic N) is 1. The van der Waals surface area contributed by atoms with Crippen LogP contribution in [0, 0.1) is 5.92 Å². The third-order valence-electron chi connectivity index (χ3n) is 4.27. The van der Waals surface area contributed by atoms with E-state index in [1.807, 2.05) is 31.2 Å². The number of fused-ring (bicyclic) bond motifs is 1. The van der Waals surface area contributed by atoms with Crippen molar-refractivity contribution in [2.45, 2.75) is 25.8 Å². The summed E-state index contributed by atoms with van der Waals surface area (Å²) in [5.41, 5.74) is -0.101. The lowest BCUT2D eigenvalue weighted by Crippen LogP contribution is -2.43. The Labute approximate surface area is 122 Å². The fraction of sp³-hybridized carbons (Fsp3) is 0.375. The van der Waals surface area contributed by atoms with Gasteiger partial charge in [0, 0.05) is 18.0 Å². The van der Waals surface area contributed by atoms with Gasteiger partial charge in [-0.2, -0.15) is 0 Å². The van der Waals surface area contributed by atoms with Crippen LogP contribution in [-0.2, 0) is 4.79 Å². The van der Waals surface area contributed by atoms with Crippen molar-refractivity contribution in [2.75, 3.05) is 11.4 Å². The highest BCUT2D eigenvalue weighted by atomic mass is 16.4. The minimum absolute atomic E-state index is 0.0941. The highest BCUT2D eigenvalue weighted by molar-refractivity contribution is 5.83. The summed E-state index contributed by atoms with van der Waals surface area (Å²) in [5, 5.41) is 10.7. The monoisotopic (exact) mass is 286 g/mol. The third-order valence-corrected chi connectivity index (χ3v) is 4.27. The number of hydrogen-bond acceptors (Lipinski definition) is 3. The van der Waals surface area contributed by atoms with E-state index in [0.29, 0.717) is 24.8 Å². The van der Waals surface area contributed by atoms with E-state index in [1.165, 1.54) is 0 Å². The van der Waals surface area contributed by atoms with E-state index in [9.17, 15) is 9.59 Å². The first-order valence-electron chi connectivity index (χ1n) is 7.18. The number of piperidine rings is 1. The molecule has 1 aliphatic heterocycles. The molecule has 2 heterocycles. The Kier molecular flexibility index (Phi) is 3.41. The molecule has 1 aromatic heterocycles. The maximum absolute atomic E-state index is 12.1. The molecule has 1 aromatic carbocycles. The Morgan fingerprint density at radius 3 is 2.86 bits per heavy atom. The highest BCUT2D eigenvalue weighted by Crippen LogP contribution is 2.27. The van der Waals surface area contributed by atoms with Gasteiger partial charge in [-0.25, -0.2) is 0 Å². The number of nitrogens with one attached hydrogen (secondary N) is 1. The average molecular weight is 286 g/mol. The van der Waals surface area contributed by atoms with Gasteiger partial charge in [-0.15, -0.1) is 0 Å². The minimum Gasteiger partial charge on any atom is -0.481 e. The van der Waals surface area contributed by atoms with Crippen molar-refractivity contribution in [3.05, 3.63) is 40.7 Å². The molecule has 2 N–H and O–H groups in total. The number of hydrogen-bond donors (Lipinski definition) is 2. The van der Waals surface area contributed by atoms with Crippen LogP contribution in [0.1, 0.15) is 19.8 Å². The maximum Gasteiger partial charge on any atom is 0.306 e. The number of pyridine rings is 1. The second-order valence-corrected chi connectivity index (χ2v) is 5.67. The summed E-state index contributed by atoms with van der Waals surface area (Å²) in [4.78, 5) is 28.2. The van der Waals surface area contributed by atoms with Crippen LogP contribution < -0.4 is 10.5 Å². The number of carbonyl (C=O) groups is 1. The van der Waals surface area contributed by atoms with Gasteiger partial charge in [0.2, 0.25) is 0 Å². The minimum atomic E-state index is -0.728. The van der Waals surface area contributed by atoms with Crippen LogP contribution in [0.3, 0.4) is 0 Å². The van der Waals surface area contributed by atoms with E-state index >= 15 is 0 Å². The van der Waals surface area contributed by atoms with Gasteiger partial charge in [0.25, 0.3) is 5.56 Å². The number of carboxylic acid groups (broad SMARTS) is 1. The van der Waals surface area contributed by atoms with Crippen molar-refractivity contribution >= 4 is 22.6 Å². The Morgan fingerprint density at radius 1 is 1.38 bits per heavy atom. The van der Waals surface area contributed by atoms with Crippen LogP contribution in [0.15, 0.2) is 35.1 Å². The molecule has 2 atom stereocenters. The summed E-state index contributed by atoms with van der Waals surface area (Å²) in [7, 11) is 0. The summed E-state index contributed by atoms with van der Waals surface area (Å²) in [6.45, 7) is 2.65. The van der Waals surface area contributed by atoms with Crippen LogP contribution in [0.4, 0.5) is 5.82 Å². The summed E-state index contributed by atoms with van der Waals surface area (Å²) in [6, 6.07) is 9.54. The summed E-state index contributed by atoms with van der Waals surface area (Å²) < 4.78 is 0. The SMILES string of the molecule is CC1CC(C(=O)O)CCN1c1cc2ccccc2c(=O)[nH]1. The van der Waals surface area contributed by atoms with Gasteiger partial charge >= 0.3 is 5.97 Å². The van der Waals surface area contributed by atoms with Crippen molar-refractivity contribution in [3.8, 4) is 0 Å². The molecule has 1 aliphatic rings. The van der Waals surface area contributed by atoms with Gasteiger partial charge in [-0.3, -0.25) is 9.59 Å². The highest BCUT2D eigenvalue weighted by Gasteiger charge is 2.30. The fourth-order valence-electron chi connectivity index (χ4n) is 3.11. The van der Waals surface area contributed by atoms with Crippen LogP contribution in [-0.4, -0.2) is 28.6 Å². The molecule has 5 nitrogen and oxygen atoms in total. The normalized spacial score (nSPS) is 22.4. The molecule has 2 aromatic rings. The molecule has 0 saturated carbocycles. The van der Waals surface area contributed by atoms with E-state index in [4.69, 9.17) is 5.11 Å². The number of carboxylic acids is 1. The maximum atomic E-state index is 12.1. The van der Waals surface area contributed by atoms with Crippen molar-refractivity contribution < 1.29 is 9.90 Å². The third kappa shape index (κ3) is 2.51. The predicted octanol–water partition coefficient (Wildman–Crippen LogP) is 2.22. The Bertz CT molecular complexity index is 738. The van der Waals surface area contributed by atoms with E-state index in [1.54, 1.807) is 6.07 Å². The van der Waals surface area contributed by atoms with Gasteiger partial charge in [-0.05, 0) is 37.3 Å². The summed E-state index contributed by atoms with van der Waals surface area (Å²) in [6.07, 6.45) is 1.21. The molecule has 5 heteroatoms. The second-order valence-electron chi connectivity index (χ2n) is 5.67. The largest absolute Gasteiger partial charge is 0.481 e. The zero-order valence-corrected chi connectivity index (χ0v) is 11.9. The van der Waals surface area contributed by atoms with Crippen LogP contribution >= 0.6 is 0 Å². The molecule has 0 spiro atoms. The van der Waals surface area contributed by atoms with Crippen molar-refractivity contribution in [2.24, 2.45) is 5.92 Å². The molecule has 110 valence electrons. The standard InChI is InChI=1S/C16H18N2O3/c1-10-8-12(16(20)21)6-7-18(10)14-9-11-4-2-3-5-13(11)15(19)17-14/h2-5,9-10,12H,6-8H2,1H3,(H,17,19)(H,20,21). The molecule has 0 bridgehead atoms. The van der Waals surface area contributed by atoms with E-state index in [-0.39, 0.29) is 17.5 Å². The average Bonchev–Trinajstić information content (AvgIpc) is 2.47. The molecular formula is C16H18N2O3. The predicted molar refractivity (Wildman–Crippen MR) is 81.7 cm³/mol. The summed E-state index contributed by atoms with van der Waals surface area (Å²) in [5.74, 6) is -0.244. The van der Waals surface area contributed by atoms with Gasteiger partial charge < -0.3 is 15.0 Å². The lowest BCUT2D eigenvalue weighted by molar-refractivity contribution is -0.142. The van der Waals surface area contributed by atoms with Crippen molar-refractivity contribution in [1.82, 2.24) is 4.98 Å². The number of aromatic nitrogens is 1. The van der Waals surface area contributed by atoms with Crippen LogP contribution in [0.2, 0.25) is 0 Å². The number of rotatable bonds is 2. The number of anilines is 1. The fourth-order valence-corrected chi connectivity index (χ4v) is 3.11. The van der Waals surface area contributed by atoms with Gasteiger partial charge in [0.15, 0.2) is 0 Å². The molecule has 1 fully saturated rings. The number of aromatic amines is 1. The lowest BCUT2D eigenvalue weighted by atomic mass is 9.91. The van der Waals surface area contributed by atoms with Gasteiger partial charge in [0.1, 0.15) is 5.82 Å². The van der Waals surface area contributed by atoms with Crippen LogP contribution in [0.5, 0.6) is 0 Å². The zero-order valence-electron chi connectivity index (χ0n) is 11.9. The number of H-pyrrole nitrogens is 1. The molecule has 2 unspecified atom stereocenters. The van der Waals surface area contributed by atoms with E-state index < -0.39 is 5.97 Å². The van der Waals surface area contributed by atoms with Gasteiger partial charge in [-0.1, -0.05) is 18.2 Å². The van der Waals surface area contributed by atoms with E-state index in [0.717, 1.165) is 11.2 Å². The van der Waals surface area contributed by atoms with Crippen LogP contribution in [0.25, 0.3) is 10.8 Å². The summed E-state index contributed by atoms with van der Waals surface area (Å²) >= 11 is 0.